The molecule has 0 bridgehead atoms. The largest absolute Gasteiger partial charge is 0.327 e. The van der Waals surface area contributed by atoms with Crippen LogP contribution in [0.25, 0.3) is 0 Å². The van der Waals surface area contributed by atoms with Gasteiger partial charge in [0.25, 0.3) is 0 Å². The summed E-state index contributed by atoms with van der Waals surface area (Å²) in [4.78, 5) is 2.52. The van der Waals surface area contributed by atoms with Gasteiger partial charge in [-0.1, -0.05) is 20.8 Å². The van der Waals surface area contributed by atoms with Gasteiger partial charge in [-0.05, 0) is 31.6 Å². The van der Waals surface area contributed by atoms with Crippen LogP contribution in [0.1, 0.15) is 34.1 Å². The molecule has 1 saturated heterocycles. The van der Waals surface area contributed by atoms with Crippen LogP contribution in [-0.4, -0.2) is 41.6 Å². The van der Waals surface area contributed by atoms with Gasteiger partial charge in [-0.15, -0.1) is 0 Å². The molecule has 3 atom stereocenters. The number of thioether (sulfide) groups is 1. The van der Waals surface area contributed by atoms with Crippen molar-refractivity contribution < 1.29 is 0 Å². The van der Waals surface area contributed by atoms with E-state index in [4.69, 9.17) is 5.73 Å². The maximum Gasteiger partial charge on any atom is 0.0293 e. The lowest BCUT2D eigenvalue weighted by Gasteiger charge is -2.43. The molecule has 90 valence electrons. The Hall–Kier alpha value is 0.270. The summed E-state index contributed by atoms with van der Waals surface area (Å²) in [6, 6.07) is 1.44. The first-order chi connectivity index (χ1) is 6.84. The topological polar surface area (TPSA) is 29.3 Å². The molecule has 0 radical (unpaired) electrons. The van der Waals surface area contributed by atoms with Crippen LogP contribution in [0.2, 0.25) is 0 Å². The van der Waals surface area contributed by atoms with Crippen LogP contribution in [0.15, 0.2) is 0 Å². The van der Waals surface area contributed by atoms with Crippen LogP contribution < -0.4 is 5.73 Å². The van der Waals surface area contributed by atoms with Crippen LogP contribution in [0.3, 0.4) is 0 Å². The molecule has 1 aliphatic heterocycles. The third-order valence-corrected chi connectivity index (χ3v) is 4.45. The zero-order chi connectivity index (χ0) is 11.6. The summed E-state index contributed by atoms with van der Waals surface area (Å²) < 4.78 is 0. The maximum absolute atomic E-state index is 6.14. The lowest BCUT2D eigenvalue weighted by atomic mass is 9.81. The van der Waals surface area contributed by atoms with E-state index in [2.05, 4.69) is 51.4 Å². The van der Waals surface area contributed by atoms with E-state index in [0.29, 0.717) is 6.04 Å². The van der Waals surface area contributed by atoms with Gasteiger partial charge in [0, 0.05) is 23.9 Å². The zero-order valence-electron chi connectivity index (χ0n) is 10.8. The van der Waals surface area contributed by atoms with Crippen molar-refractivity contribution in [3.05, 3.63) is 0 Å². The molecule has 1 fully saturated rings. The third-order valence-electron chi connectivity index (χ3n) is 3.31. The fraction of sp³-hybridized carbons (Fsp3) is 1.00. The molecule has 0 aliphatic carbocycles. The second-order valence-corrected chi connectivity index (χ2v) is 7.00. The predicted octanol–water partition coefficient (Wildman–Crippen LogP) is 2.19. The Morgan fingerprint density at radius 3 is 2.33 bits per heavy atom. The Morgan fingerprint density at radius 2 is 2.00 bits per heavy atom. The number of hydrogen-bond donors (Lipinski definition) is 1. The molecule has 0 saturated carbocycles. The Kier molecular flexibility index (Phi) is 4.50. The molecular weight excluding hydrogens is 204 g/mol. The molecule has 3 unspecified atom stereocenters. The molecular formula is C12H26N2S. The first kappa shape index (κ1) is 13.3. The van der Waals surface area contributed by atoms with E-state index in [1.165, 1.54) is 17.9 Å². The van der Waals surface area contributed by atoms with E-state index < -0.39 is 0 Å². The van der Waals surface area contributed by atoms with Gasteiger partial charge in [-0.3, -0.25) is 4.90 Å². The third kappa shape index (κ3) is 3.36. The minimum absolute atomic E-state index is 0.237. The molecule has 1 aliphatic rings. The second kappa shape index (κ2) is 5.07. The highest BCUT2D eigenvalue weighted by molar-refractivity contribution is 7.99. The van der Waals surface area contributed by atoms with E-state index in [-0.39, 0.29) is 11.5 Å². The fourth-order valence-corrected chi connectivity index (χ4v) is 4.12. The van der Waals surface area contributed by atoms with Crippen molar-refractivity contribution in [1.82, 2.24) is 4.90 Å². The molecule has 3 heteroatoms. The van der Waals surface area contributed by atoms with Crippen molar-refractivity contribution in [2.75, 3.05) is 18.6 Å². The molecule has 0 amide bonds. The van der Waals surface area contributed by atoms with Crippen molar-refractivity contribution in [2.24, 2.45) is 11.1 Å². The van der Waals surface area contributed by atoms with Crippen LogP contribution in [0.4, 0.5) is 0 Å². The van der Waals surface area contributed by atoms with Crippen molar-refractivity contribution in [3.8, 4) is 0 Å². The van der Waals surface area contributed by atoms with Crippen LogP contribution in [-0.2, 0) is 0 Å². The molecule has 1 heterocycles. The highest BCUT2D eigenvalue weighted by Gasteiger charge is 2.35. The number of likely N-dealkylation sites (N-methyl/N-ethyl adjacent to an activating group) is 1. The number of rotatable bonds is 3. The maximum atomic E-state index is 6.14. The average Bonchev–Trinajstić information content (AvgIpc) is 2.51. The summed E-state index contributed by atoms with van der Waals surface area (Å²) in [5.74, 6) is 2.58. The minimum atomic E-state index is 0.237. The van der Waals surface area contributed by atoms with Crippen molar-refractivity contribution in [3.63, 3.8) is 0 Å². The van der Waals surface area contributed by atoms with E-state index >= 15 is 0 Å². The number of nitrogens with two attached hydrogens (primary N) is 1. The van der Waals surface area contributed by atoms with Gasteiger partial charge >= 0.3 is 0 Å². The van der Waals surface area contributed by atoms with E-state index in [9.17, 15) is 0 Å². The lowest BCUT2D eigenvalue weighted by Crippen LogP contribution is -2.55. The second-order valence-electron chi connectivity index (χ2n) is 5.85. The Labute approximate surface area is 99.0 Å². The van der Waals surface area contributed by atoms with Crippen molar-refractivity contribution in [2.45, 2.75) is 52.2 Å². The molecule has 1 rings (SSSR count). The van der Waals surface area contributed by atoms with Gasteiger partial charge in [0.05, 0.1) is 0 Å². The molecule has 0 aromatic carbocycles. The predicted molar refractivity (Wildman–Crippen MR) is 70.4 cm³/mol. The summed E-state index contributed by atoms with van der Waals surface area (Å²) in [6.45, 7) is 9.01. The monoisotopic (exact) mass is 230 g/mol. The number of hydrogen-bond acceptors (Lipinski definition) is 3. The molecule has 15 heavy (non-hydrogen) atoms. The average molecular weight is 230 g/mol. The summed E-state index contributed by atoms with van der Waals surface area (Å²) in [5.41, 5.74) is 6.40. The molecule has 0 spiro atoms. The zero-order valence-corrected chi connectivity index (χ0v) is 11.6. The first-order valence-electron chi connectivity index (χ1n) is 5.89. The van der Waals surface area contributed by atoms with Gasteiger partial charge in [-0.2, -0.15) is 11.8 Å². The van der Waals surface area contributed by atoms with Gasteiger partial charge in [0.1, 0.15) is 0 Å². The van der Waals surface area contributed by atoms with Gasteiger partial charge in [-0.25, -0.2) is 0 Å². The molecule has 0 aromatic heterocycles. The standard InChI is InChI=1S/C12H26N2S/c1-9(13)11(12(2,3)4)14(5)10-6-7-15-8-10/h9-11H,6-8,13H2,1-5H3. The minimum Gasteiger partial charge on any atom is -0.327 e. The molecule has 0 aromatic rings. The summed E-state index contributed by atoms with van der Waals surface area (Å²) in [6.07, 6.45) is 1.32. The van der Waals surface area contributed by atoms with Crippen LogP contribution in [0, 0.1) is 5.41 Å². The summed E-state index contributed by atoms with van der Waals surface area (Å²) in [5, 5.41) is 0. The quantitative estimate of drug-likeness (QED) is 0.806. The Morgan fingerprint density at radius 1 is 1.40 bits per heavy atom. The van der Waals surface area contributed by atoms with E-state index in [0.717, 1.165) is 6.04 Å². The van der Waals surface area contributed by atoms with Gasteiger partial charge in [0.2, 0.25) is 0 Å². The van der Waals surface area contributed by atoms with Crippen LogP contribution >= 0.6 is 11.8 Å². The van der Waals surface area contributed by atoms with Gasteiger partial charge < -0.3 is 5.73 Å². The van der Waals surface area contributed by atoms with Crippen molar-refractivity contribution in [1.29, 1.82) is 0 Å². The summed E-state index contributed by atoms with van der Waals surface area (Å²) >= 11 is 2.07. The van der Waals surface area contributed by atoms with Gasteiger partial charge in [0.15, 0.2) is 0 Å². The highest BCUT2D eigenvalue weighted by Crippen LogP contribution is 2.31. The van der Waals surface area contributed by atoms with E-state index in [1.807, 2.05) is 0 Å². The SMILES string of the molecule is CC(N)C(N(C)C1CCSC1)C(C)(C)C. The van der Waals surface area contributed by atoms with Crippen LogP contribution in [0.5, 0.6) is 0 Å². The highest BCUT2D eigenvalue weighted by atomic mass is 32.2. The summed E-state index contributed by atoms with van der Waals surface area (Å²) in [7, 11) is 2.25. The molecule has 2 nitrogen and oxygen atoms in total. The number of nitrogens with zero attached hydrogens (tertiary/aromatic N) is 1. The fourth-order valence-electron chi connectivity index (χ4n) is 2.84. The Bertz CT molecular complexity index is 192. The normalized spacial score (nSPS) is 27.0. The van der Waals surface area contributed by atoms with Crippen molar-refractivity contribution >= 4 is 11.8 Å². The smallest absolute Gasteiger partial charge is 0.0293 e. The Balaban J connectivity index is 2.70. The van der Waals surface area contributed by atoms with E-state index in [1.54, 1.807) is 0 Å². The lowest BCUT2D eigenvalue weighted by molar-refractivity contribution is 0.0771. The first-order valence-corrected chi connectivity index (χ1v) is 7.04. The molecule has 2 N–H and O–H groups in total.